The molecule has 0 N–H and O–H groups in total. The summed E-state index contributed by atoms with van der Waals surface area (Å²) in [6.07, 6.45) is 0. The molecule has 0 aliphatic rings. The minimum absolute atomic E-state index is 0.0172. The van der Waals surface area contributed by atoms with Crippen molar-refractivity contribution in [2.75, 3.05) is 4.90 Å². The maximum Gasteiger partial charge on any atom is 0.143 e. The number of nitrogens with zero attached hydrogens (tertiary/aromatic N) is 2. The fourth-order valence-electron chi connectivity index (χ4n) is 8.97. The zero-order valence-electron chi connectivity index (χ0n) is 35.8. The lowest BCUT2D eigenvalue weighted by atomic mass is 9.98. The van der Waals surface area contributed by atoms with Crippen molar-refractivity contribution in [3.63, 3.8) is 0 Å². The van der Waals surface area contributed by atoms with E-state index in [9.17, 15) is 5.48 Å². The largest absolute Gasteiger partial charge is 0.455 e. The van der Waals surface area contributed by atoms with Crippen LogP contribution >= 0.6 is 0 Å². The number of fused-ring (bicyclic) bond motifs is 9. The number of anilines is 3. The molecule has 0 amide bonds. The molecule has 3 nitrogen and oxygen atoms in total. The normalized spacial score (nSPS) is 12.7. The zero-order valence-corrected chi connectivity index (χ0v) is 31.8. The number of hydrogen-bond donors (Lipinski definition) is 0. The number of hydrogen-bond acceptors (Lipinski definition) is 2. The van der Waals surface area contributed by atoms with Gasteiger partial charge in [0.15, 0.2) is 0 Å². The third kappa shape index (κ3) is 5.36. The second-order valence-electron chi connectivity index (χ2n) is 15.0. The molecule has 276 valence electrons. The molecule has 0 atom stereocenters. The first kappa shape index (κ1) is 29.4. The van der Waals surface area contributed by atoms with Gasteiger partial charge in [-0.3, -0.25) is 0 Å². The predicted molar refractivity (Wildman–Crippen MR) is 249 cm³/mol. The Hall–Kier alpha value is -7.88. The molecule has 10 aromatic carbocycles. The molecule has 12 rings (SSSR count). The summed E-state index contributed by atoms with van der Waals surface area (Å²) in [5, 5.41) is 7.89. The molecule has 12 aromatic rings. The highest BCUT2D eigenvalue weighted by Gasteiger charge is 2.22. The maximum absolute atomic E-state index is 10.3. The van der Waals surface area contributed by atoms with Crippen LogP contribution in [0, 0.1) is 0 Å². The first-order chi connectivity index (χ1) is 30.9. The minimum atomic E-state index is -0.259. The lowest BCUT2D eigenvalue weighted by Gasteiger charge is -2.27. The highest BCUT2D eigenvalue weighted by atomic mass is 16.3. The van der Waals surface area contributed by atoms with Crippen LogP contribution in [-0.4, -0.2) is 4.57 Å². The van der Waals surface area contributed by atoms with E-state index in [0.29, 0.717) is 28.1 Å². The number of furan rings is 1. The van der Waals surface area contributed by atoms with Gasteiger partial charge in [-0.25, -0.2) is 0 Å². The summed E-state index contributed by atoms with van der Waals surface area (Å²) in [7, 11) is 0. The predicted octanol–water partition coefficient (Wildman–Crippen LogP) is 15.8. The van der Waals surface area contributed by atoms with Crippen LogP contribution in [0.1, 0.15) is 5.48 Å². The molecule has 0 aliphatic heterocycles. The molecular formula is C56H36N2O. The summed E-state index contributed by atoms with van der Waals surface area (Å²) in [4.78, 5) is 1.94. The summed E-state index contributed by atoms with van der Waals surface area (Å²) in [5.41, 5.74) is 8.85. The number of para-hydroxylation sites is 2. The molecule has 0 radical (unpaired) electrons. The van der Waals surface area contributed by atoms with Crippen molar-refractivity contribution in [1.82, 2.24) is 4.57 Å². The van der Waals surface area contributed by atoms with Crippen molar-refractivity contribution in [1.29, 1.82) is 0 Å². The van der Waals surface area contributed by atoms with Crippen LogP contribution < -0.4 is 4.90 Å². The van der Waals surface area contributed by atoms with Crippen LogP contribution in [0.5, 0.6) is 0 Å². The molecular weight excluding hydrogens is 717 g/mol. The Labute approximate surface area is 346 Å². The van der Waals surface area contributed by atoms with E-state index in [1.54, 1.807) is 0 Å². The van der Waals surface area contributed by atoms with E-state index < -0.39 is 0 Å². The van der Waals surface area contributed by atoms with E-state index in [0.717, 1.165) is 76.5 Å². The molecule has 0 unspecified atom stereocenters. The van der Waals surface area contributed by atoms with Crippen LogP contribution in [0.25, 0.3) is 93.2 Å². The summed E-state index contributed by atoms with van der Waals surface area (Å²) in [5.74, 6) is 0. The molecule has 3 heteroatoms. The van der Waals surface area contributed by atoms with Gasteiger partial charge in [-0.15, -0.1) is 0 Å². The Morgan fingerprint density at radius 2 is 1.19 bits per heavy atom. The van der Waals surface area contributed by atoms with Crippen molar-refractivity contribution >= 4 is 82.4 Å². The highest BCUT2D eigenvalue weighted by molar-refractivity contribution is 6.20. The van der Waals surface area contributed by atoms with Crippen LogP contribution in [0.4, 0.5) is 17.1 Å². The Morgan fingerprint density at radius 1 is 0.458 bits per heavy atom. The van der Waals surface area contributed by atoms with Gasteiger partial charge in [0, 0.05) is 38.6 Å². The lowest BCUT2D eigenvalue weighted by Crippen LogP contribution is -2.10. The smallest absolute Gasteiger partial charge is 0.143 e. The number of rotatable bonds is 6. The van der Waals surface area contributed by atoms with Crippen LogP contribution in [0.2, 0.25) is 0 Å². The van der Waals surface area contributed by atoms with Crippen LogP contribution in [0.15, 0.2) is 223 Å². The Kier molecular flexibility index (Phi) is 6.65. The summed E-state index contributed by atoms with van der Waals surface area (Å²) >= 11 is 0. The second-order valence-corrected chi connectivity index (χ2v) is 15.0. The SMILES string of the molecule is [2H]c1c([2H])c(-c2cccc3c2c2ccccc2n3-c2ccccc2)c([2H])c(N(c2cccc(-c3ccc4ccccc4c3)c2)c2cccc3oc4c5ccccc5ccc4c23)c1[2H]. The molecule has 0 bridgehead atoms. The van der Waals surface area contributed by atoms with Crippen molar-refractivity contribution in [3.8, 4) is 27.9 Å². The van der Waals surface area contributed by atoms with Gasteiger partial charge in [0.05, 0.1) is 27.6 Å². The summed E-state index contributed by atoms with van der Waals surface area (Å²) < 4.78 is 48.0. The summed E-state index contributed by atoms with van der Waals surface area (Å²) in [6, 6.07) is 64.8. The summed E-state index contributed by atoms with van der Waals surface area (Å²) in [6.45, 7) is 0. The molecule has 59 heavy (non-hydrogen) atoms. The van der Waals surface area contributed by atoms with Crippen molar-refractivity contribution in [2.24, 2.45) is 0 Å². The van der Waals surface area contributed by atoms with E-state index in [2.05, 4.69) is 102 Å². The third-order valence-corrected chi connectivity index (χ3v) is 11.6. The van der Waals surface area contributed by atoms with Crippen LogP contribution in [0.3, 0.4) is 0 Å². The number of benzene rings is 10. The van der Waals surface area contributed by atoms with E-state index in [4.69, 9.17) is 4.42 Å². The van der Waals surface area contributed by atoms with Gasteiger partial charge in [-0.2, -0.15) is 0 Å². The fraction of sp³-hybridized carbons (Fsp3) is 0. The fourth-order valence-corrected chi connectivity index (χ4v) is 8.97. The Morgan fingerprint density at radius 3 is 2.10 bits per heavy atom. The molecule has 0 spiro atoms. The van der Waals surface area contributed by atoms with E-state index in [1.807, 2.05) is 102 Å². The lowest BCUT2D eigenvalue weighted by molar-refractivity contribution is 0.672. The Bertz CT molecular complexity index is 3810. The number of aromatic nitrogens is 1. The van der Waals surface area contributed by atoms with E-state index in [1.165, 1.54) is 0 Å². The monoisotopic (exact) mass is 756 g/mol. The minimum Gasteiger partial charge on any atom is -0.455 e. The highest BCUT2D eigenvalue weighted by Crippen LogP contribution is 2.46. The molecule has 0 fully saturated rings. The third-order valence-electron chi connectivity index (χ3n) is 11.6. The van der Waals surface area contributed by atoms with Gasteiger partial charge in [0.25, 0.3) is 0 Å². The second kappa shape index (κ2) is 13.4. The maximum atomic E-state index is 10.3. The van der Waals surface area contributed by atoms with E-state index >= 15 is 0 Å². The molecule has 0 aliphatic carbocycles. The molecule has 0 saturated heterocycles. The average molecular weight is 757 g/mol. The quantitative estimate of drug-likeness (QED) is 0.168. The van der Waals surface area contributed by atoms with Gasteiger partial charge >= 0.3 is 0 Å². The molecule has 2 aromatic heterocycles. The zero-order chi connectivity index (χ0) is 42.3. The average Bonchev–Trinajstić information content (AvgIpc) is 3.89. The molecule has 2 heterocycles. The standard InChI is InChI=1S/C56H36N2O/c1-2-19-43(20-3-1)58-50-26-9-8-24-48(50)54-46(25-12-27-51(54)58)42-18-11-22-45(36-42)57(44-21-10-17-40(35-44)41-31-30-37-14-4-5-16-39(37)34-41)52-28-13-29-53-55(52)49-33-32-38-15-6-7-23-47(38)56(49)59-53/h1-36H/i11D,18D,22D,36D. The van der Waals surface area contributed by atoms with E-state index in [-0.39, 0.29) is 29.9 Å². The first-order valence-corrected chi connectivity index (χ1v) is 19.9. The molecule has 0 saturated carbocycles. The topological polar surface area (TPSA) is 21.3 Å². The van der Waals surface area contributed by atoms with Gasteiger partial charge in [-0.1, -0.05) is 146 Å². The van der Waals surface area contributed by atoms with Crippen molar-refractivity contribution < 1.29 is 9.90 Å². The van der Waals surface area contributed by atoms with Gasteiger partial charge in [-0.05, 0) is 111 Å². The first-order valence-electron chi connectivity index (χ1n) is 21.9. The van der Waals surface area contributed by atoms with Crippen LogP contribution in [-0.2, 0) is 0 Å². The van der Waals surface area contributed by atoms with Gasteiger partial charge < -0.3 is 13.9 Å². The van der Waals surface area contributed by atoms with Crippen molar-refractivity contribution in [2.45, 2.75) is 0 Å². The van der Waals surface area contributed by atoms with Crippen molar-refractivity contribution in [3.05, 3.63) is 218 Å². The van der Waals surface area contributed by atoms with Gasteiger partial charge in [0.1, 0.15) is 11.2 Å². The Balaban J connectivity index is 1.16. The van der Waals surface area contributed by atoms with Gasteiger partial charge in [0.2, 0.25) is 0 Å².